The van der Waals surface area contributed by atoms with Crippen molar-refractivity contribution in [1.82, 2.24) is 4.90 Å². The SMILES string of the molecule is Cc1ccc(Sc2ccc(/C=C3\SC(=O)N(CCc4ccccc4)C3=O)cc2[N+](=O)[O-])cc1. The van der Waals surface area contributed by atoms with Crippen LogP contribution in [0, 0.1) is 17.0 Å². The molecule has 3 aromatic rings. The van der Waals surface area contributed by atoms with Crippen molar-refractivity contribution < 1.29 is 14.5 Å². The van der Waals surface area contributed by atoms with Crippen LogP contribution in [0.2, 0.25) is 0 Å². The Morgan fingerprint density at radius 1 is 1.03 bits per heavy atom. The summed E-state index contributed by atoms with van der Waals surface area (Å²) in [5.74, 6) is -0.373. The Kier molecular flexibility index (Phi) is 6.96. The molecule has 6 nitrogen and oxygen atoms in total. The number of aryl methyl sites for hydroxylation is 1. The van der Waals surface area contributed by atoms with Crippen LogP contribution < -0.4 is 0 Å². The molecule has 166 valence electrons. The van der Waals surface area contributed by atoms with Gasteiger partial charge in [0, 0.05) is 17.5 Å². The third-order valence-corrected chi connectivity index (χ3v) is 7.05. The Morgan fingerprint density at radius 3 is 2.45 bits per heavy atom. The fraction of sp³-hybridized carbons (Fsp3) is 0.120. The van der Waals surface area contributed by atoms with Gasteiger partial charge in [-0.1, -0.05) is 65.9 Å². The van der Waals surface area contributed by atoms with Gasteiger partial charge in [0.1, 0.15) is 0 Å². The number of nitro groups is 1. The number of hydrogen-bond acceptors (Lipinski definition) is 6. The molecule has 0 aromatic heterocycles. The minimum Gasteiger partial charge on any atom is -0.268 e. The zero-order chi connectivity index (χ0) is 23.4. The topological polar surface area (TPSA) is 80.5 Å². The van der Waals surface area contributed by atoms with Gasteiger partial charge in [-0.25, -0.2) is 0 Å². The summed E-state index contributed by atoms with van der Waals surface area (Å²) in [5.41, 5.74) is 2.61. The van der Waals surface area contributed by atoms with Gasteiger partial charge in [0.25, 0.3) is 16.8 Å². The second-order valence-corrected chi connectivity index (χ2v) is 9.58. The van der Waals surface area contributed by atoms with E-state index < -0.39 is 4.92 Å². The first kappa shape index (κ1) is 22.8. The summed E-state index contributed by atoms with van der Waals surface area (Å²) in [6.45, 7) is 2.27. The maximum atomic E-state index is 12.8. The van der Waals surface area contributed by atoms with Crippen LogP contribution in [0.5, 0.6) is 0 Å². The zero-order valence-electron chi connectivity index (χ0n) is 17.8. The lowest BCUT2D eigenvalue weighted by Crippen LogP contribution is -2.30. The lowest BCUT2D eigenvalue weighted by atomic mass is 10.1. The summed E-state index contributed by atoms with van der Waals surface area (Å²) >= 11 is 2.17. The highest BCUT2D eigenvalue weighted by Gasteiger charge is 2.34. The van der Waals surface area contributed by atoms with E-state index in [0.717, 1.165) is 27.8 Å². The molecule has 3 aromatic carbocycles. The van der Waals surface area contributed by atoms with Crippen molar-refractivity contribution in [3.8, 4) is 0 Å². The minimum atomic E-state index is -0.431. The van der Waals surface area contributed by atoms with Crippen molar-refractivity contribution >= 4 is 46.4 Å². The average Bonchev–Trinajstić information content (AvgIpc) is 3.07. The van der Waals surface area contributed by atoms with Crippen molar-refractivity contribution in [1.29, 1.82) is 0 Å². The molecule has 0 saturated carbocycles. The van der Waals surface area contributed by atoms with E-state index in [4.69, 9.17) is 0 Å². The highest BCUT2D eigenvalue weighted by atomic mass is 32.2. The van der Waals surface area contributed by atoms with E-state index in [1.165, 1.54) is 22.7 Å². The molecule has 0 aliphatic carbocycles. The molecule has 0 atom stereocenters. The fourth-order valence-electron chi connectivity index (χ4n) is 3.32. The van der Waals surface area contributed by atoms with Crippen LogP contribution in [0.3, 0.4) is 0 Å². The van der Waals surface area contributed by atoms with Gasteiger partial charge >= 0.3 is 0 Å². The number of thioether (sulfide) groups is 1. The zero-order valence-corrected chi connectivity index (χ0v) is 19.4. The molecule has 1 aliphatic rings. The van der Waals surface area contributed by atoms with Crippen LogP contribution in [-0.2, 0) is 11.2 Å². The molecule has 8 heteroatoms. The average molecular weight is 477 g/mol. The highest BCUT2D eigenvalue weighted by molar-refractivity contribution is 8.18. The van der Waals surface area contributed by atoms with Crippen molar-refractivity contribution in [2.24, 2.45) is 0 Å². The number of nitrogens with zero attached hydrogens (tertiary/aromatic N) is 2. The number of rotatable bonds is 7. The van der Waals surface area contributed by atoms with Crippen LogP contribution in [0.15, 0.2) is 87.5 Å². The lowest BCUT2D eigenvalue weighted by Gasteiger charge is -2.12. The van der Waals surface area contributed by atoms with E-state index in [1.807, 2.05) is 61.5 Å². The first-order valence-electron chi connectivity index (χ1n) is 10.2. The minimum absolute atomic E-state index is 0.0439. The van der Waals surface area contributed by atoms with Crippen molar-refractivity contribution in [3.63, 3.8) is 0 Å². The molecular weight excluding hydrogens is 456 g/mol. The lowest BCUT2D eigenvalue weighted by molar-refractivity contribution is -0.387. The van der Waals surface area contributed by atoms with Gasteiger partial charge in [0.05, 0.1) is 14.7 Å². The summed E-state index contributed by atoms with van der Waals surface area (Å²) in [6, 6.07) is 22.2. The molecule has 0 N–H and O–H groups in total. The van der Waals surface area contributed by atoms with Crippen LogP contribution in [0.25, 0.3) is 6.08 Å². The molecular formula is C25H20N2O4S2. The number of nitro benzene ring substituents is 1. The number of imide groups is 1. The van der Waals surface area contributed by atoms with E-state index in [2.05, 4.69) is 0 Å². The smallest absolute Gasteiger partial charge is 0.268 e. The van der Waals surface area contributed by atoms with Gasteiger partial charge in [-0.2, -0.15) is 0 Å². The van der Waals surface area contributed by atoms with E-state index in [-0.39, 0.29) is 28.3 Å². The van der Waals surface area contributed by atoms with Gasteiger partial charge in [-0.3, -0.25) is 24.6 Å². The second-order valence-electron chi connectivity index (χ2n) is 7.47. The van der Waals surface area contributed by atoms with Crippen LogP contribution in [0.4, 0.5) is 10.5 Å². The Bertz CT molecular complexity index is 1240. The molecule has 2 amide bonds. The molecule has 0 unspecified atom stereocenters. The number of carbonyl (C=O) groups is 2. The van der Waals surface area contributed by atoms with E-state index in [1.54, 1.807) is 18.2 Å². The quantitative estimate of drug-likeness (QED) is 0.225. The summed E-state index contributed by atoms with van der Waals surface area (Å²) in [7, 11) is 0. The molecule has 33 heavy (non-hydrogen) atoms. The first-order chi connectivity index (χ1) is 15.9. The maximum absolute atomic E-state index is 12.8. The third-order valence-electron chi connectivity index (χ3n) is 5.07. The summed E-state index contributed by atoms with van der Waals surface area (Å²) in [4.78, 5) is 39.3. The van der Waals surface area contributed by atoms with Crippen LogP contribution in [0.1, 0.15) is 16.7 Å². The summed E-state index contributed by atoms with van der Waals surface area (Å²) in [5, 5.41) is 11.4. The first-order valence-corrected chi connectivity index (χ1v) is 11.9. The molecule has 4 rings (SSSR count). The number of benzene rings is 3. The molecule has 1 aliphatic heterocycles. The molecule has 1 heterocycles. The summed E-state index contributed by atoms with van der Waals surface area (Å²) < 4.78 is 0. The molecule has 0 bridgehead atoms. The largest absolute Gasteiger partial charge is 0.293 e. The van der Waals surface area contributed by atoms with Crippen LogP contribution in [-0.4, -0.2) is 27.5 Å². The Morgan fingerprint density at radius 2 is 1.76 bits per heavy atom. The number of amides is 2. The van der Waals surface area contributed by atoms with Crippen molar-refractivity contribution in [2.45, 2.75) is 23.1 Å². The Hall–Kier alpha value is -3.36. The van der Waals surface area contributed by atoms with Crippen molar-refractivity contribution in [2.75, 3.05) is 6.54 Å². The van der Waals surface area contributed by atoms with Gasteiger partial charge in [0.2, 0.25) is 0 Å². The summed E-state index contributed by atoms with van der Waals surface area (Å²) in [6.07, 6.45) is 2.11. The van der Waals surface area contributed by atoms with Gasteiger partial charge in [-0.05, 0) is 60.5 Å². The molecule has 1 saturated heterocycles. The third kappa shape index (κ3) is 5.53. The number of hydrogen-bond donors (Lipinski definition) is 0. The molecule has 0 radical (unpaired) electrons. The molecule has 1 fully saturated rings. The predicted molar refractivity (Wildman–Crippen MR) is 131 cm³/mol. The highest BCUT2D eigenvalue weighted by Crippen LogP contribution is 2.37. The van der Waals surface area contributed by atoms with Gasteiger partial charge in [0.15, 0.2) is 0 Å². The molecule has 0 spiro atoms. The second kappa shape index (κ2) is 10.1. The van der Waals surface area contributed by atoms with Crippen molar-refractivity contribution in [3.05, 3.63) is 105 Å². The van der Waals surface area contributed by atoms with Gasteiger partial charge < -0.3 is 0 Å². The predicted octanol–water partition coefficient (Wildman–Crippen LogP) is 6.33. The Labute approximate surface area is 199 Å². The normalized spacial score (nSPS) is 14.8. The van der Waals surface area contributed by atoms with Crippen LogP contribution >= 0.6 is 23.5 Å². The van der Waals surface area contributed by atoms with E-state index in [0.29, 0.717) is 16.9 Å². The standard InChI is InChI=1S/C25H20N2O4S2/c1-17-7-10-20(11-8-17)32-22-12-9-19(15-21(22)27(30)31)16-23-24(28)26(25(29)33-23)14-13-18-5-3-2-4-6-18/h2-12,15-16H,13-14H2,1H3/b23-16-. The Balaban J connectivity index is 1.52. The van der Waals surface area contributed by atoms with E-state index >= 15 is 0 Å². The monoisotopic (exact) mass is 476 g/mol. The number of carbonyl (C=O) groups excluding carboxylic acids is 2. The van der Waals surface area contributed by atoms with E-state index in [9.17, 15) is 19.7 Å². The maximum Gasteiger partial charge on any atom is 0.293 e. The fourth-order valence-corrected chi connectivity index (χ4v) is 5.08. The van der Waals surface area contributed by atoms with Gasteiger partial charge in [-0.15, -0.1) is 0 Å².